The predicted molar refractivity (Wildman–Crippen MR) is 54.9 cm³/mol. The SMILES string of the molecule is COOC=N[C@H](Cc1cn(C)cn1)C(=O)O. The second-order valence-corrected chi connectivity index (χ2v) is 3.11. The Morgan fingerprint density at radius 1 is 1.81 bits per heavy atom. The molecule has 1 rings (SSSR count). The molecule has 0 bridgehead atoms. The first-order valence-electron chi connectivity index (χ1n) is 4.54. The number of carbonyl (C=O) groups is 1. The lowest BCUT2D eigenvalue weighted by atomic mass is 10.2. The van der Waals surface area contributed by atoms with E-state index in [-0.39, 0.29) is 6.42 Å². The number of aryl methyl sites for hydroxylation is 1. The Hall–Kier alpha value is -1.89. The number of hydrogen-bond acceptors (Lipinski definition) is 5. The van der Waals surface area contributed by atoms with Crippen molar-refractivity contribution in [1.29, 1.82) is 0 Å². The third-order valence-corrected chi connectivity index (χ3v) is 1.83. The number of aliphatic carboxylic acids is 1. The Kier molecular flexibility index (Phi) is 4.46. The molecule has 0 saturated heterocycles. The number of hydrogen-bond donors (Lipinski definition) is 1. The lowest BCUT2D eigenvalue weighted by Gasteiger charge is -2.04. The summed E-state index contributed by atoms with van der Waals surface area (Å²) in [5.74, 6) is -1.04. The van der Waals surface area contributed by atoms with Crippen molar-refractivity contribution in [2.24, 2.45) is 12.0 Å². The van der Waals surface area contributed by atoms with Crippen LogP contribution in [0.5, 0.6) is 0 Å². The van der Waals surface area contributed by atoms with E-state index in [0.29, 0.717) is 5.69 Å². The van der Waals surface area contributed by atoms with E-state index in [9.17, 15) is 4.79 Å². The molecule has 0 radical (unpaired) electrons. The van der Waals surface area contributed by atoms with Crippen LogP contribution in [0.3, 0.4) is 0 Å². The molecule has 0 aliphatic carbocycles. The minimum Gasteiger partial charge on any atom is -0.480 e. The van der Waals surface area contributed by atoms with Gasteiger partial charge in [-0.1, -0.05) is 0 Å². The molecule has 1 aromatic heterocycles. The van der Waals surface area contributed by atoms with Crippen LogP contribution in [-0.2, 0) is 28.0 Å². The highest BCUT2D eigenvalue weighted by molar-refractivity contribution is 5.75. The molecular formula is C9H13N3O4. The van der Waals surface area contributed by atoms with Gasteiger partial charge in [0.1, 0.15) is 0 Å². The van der Waals surface area contributed by atoms with Gasteiger partial charge in [-0.15, -0.1) is 0 Å². The minimum absolute atomic E-state index is 0.208. The standard InChI is InChI=1S/C9H13N3O4/c1-12-4-7(10-5-12)3-8(9(13)14)11-6-16-15-2/h4-6,8H,3H2,1-2H3,(H,13,14)/t8-/m1/s1. The molecule has 1 heterocycles. The summed E-state index contributed by atoms with van der Waals surface area (Å²) in [5.41, 5.74) is 0.657. The molecule has 1 N–H and O–H groups in total. The molecule has 0 fully saturated rings. The Morgan fingerprint density at radius 2 is 2.56 bits per heavy atom. The summed E-state index contributed by atoms with van der Waals surface area (Å²) in [5, 5.41) is 8.90. The van der Waals surface area contributed by atoms with Gasteiger partial charge in [0.05, 0.1) is 19.1 Å². The van der Waals surface area contributed by atoms with Crippen LogP contribution in [0.15, 0.2) is 17.5 Å². The van der Waals surface area contributed by atoms with E-state index < -0.39 is 12.0 Å². The third kappa shape index (κ3) is 3.70. The van der Waals surface area contributed by atoms with Crippen LogP contribution < -0.4 is 0 Å². The van der Waals surface area contributed by atoms with E-state index in [1.54, 1.807) is 17.1 Å². The van der Waals surface area contributed by atoms with E-state index in [2.05, 4.69) is 19.8 Å². The maximum Gasteiger partial charge on any atom is 0.328 e. The van der Waals surface area contributed by atoms with Crippen molar-refractivity contribution in [3.8, 4) is 0 Å². The molecule has 0 aliphatic rings. The van der Waals surface area contributed by atoms with Crippen molar-refractivity contribution in [1.82, 2.24) is 9.55 Å². The van der Waals surface area contributed by atoms with Crippen molar-refractivity contribution in [2.45, 2.75) is 12.5 Å². The normalized spacial score (nSPS) is 12.9. The Bertz CT molecular complexity index is 375. The van der Waals surface area contributed by atoms with Gasteiger partial charge in [-0.05, 0) is 0 Å². The van der Waals surface area contributed by atoms with Gasteiger partial charge >= 0.3 is 5.97 Å². The summed E-state index contributed by atoms with van der Waals surface area (Å²) in [6, 6.07) is -0.926. The quantitative estimate of drug-likeness (QED) is 0.320. The van der Waals surface area contributed by atoms with Gasteiger partial charge in [0.2, 0.25) is 6.40 Å². The molecule has 16 heavy (non-hydrogen) atoms. The first kappa shape index (κ1) is 12.2. The summed E-state index contributed by atoms with van der Waals surface area (Å²) in [6.45, 7) is 0. The Labute approximate surface area is 92.3 Å². The highest BCUT2D eigenvalue weighted by Crippen LogP contribution is 2.03. The summed E-state index contributed by atoms with van der Waals surface area (Å²) >= 11 is 0. The molecule has 0 spiro atoms. The summed E-state index contributed by atoms with van der Waals surface area (Å²) < 4.78 is 1.74. The topological polar surface area (TPSA) is 85.9 Å². The molecule has 7 nitrogen and oxygen atoms in total. The van der Waals surface area contributed by atoms with Crippen molar-refractivity contribution in [3.63, 3.8) is 0 Å². The molecule has 7 heteroatoms. The number of rotatable bonds is 6. The van der Waals surface area contributed by atoms with Gasteiger partial charge in [0, 0.05) is 19.7 Å². The number of aromatic nitrogens is 2. The number of nitrogens with zero attached hydrogens (tertiary/aromatic N) is 3. The third-order valence-electron chi connectivity index (χ3n) is 1.83. The lowest BCUT2D eigenvalue weighted by molar-refractivity contribution is -0.188. The van der Waals surface area contributed by atoms with E-state index in [0.717, 1.165) is 6.40 Å². The maximum atomic E-state index is 10.9. The lowest BCUT2D eigenvalue weighted by Crippen LogP contribution is -2.21. The van der Waals surface area contributed by atoms with Crippen LogP contribution in [0.25, 0.3) is 0 Å². The average Bonchev–Trinajstić information content (AvgIpc) is 2.63. The van der Waals surface area contributed by atoms with Gasteiger partial charge in [-0.3, -0.25) is 0 Å². The molecule has 0 saturated carbocycles. The van der Waals surface area contributed by atoms with Crippen molar-refractivity contribution < 1.29 is 19.7 Å². The zero-order valence-electron chi connectivity index (χ0n) is 9.03. The molecule has 1 atom stereocenters. The number of aliphatic imine (C=N–C) groups is 1. The molecule has 0 unspecified atom stereocenters. The summed E-state index contributed by atoms with van der Waals surface area (Å²) in [6.07, 6.45) is 4.51. The van der Waals surface area contributed by atoms with Crippen LogP contribution in [0.2, 0.25) is 0 Å². The molecule has 1 aromatic rings. The maximum absolute atomic E-state index is 10.9. The van der Waals surface area contributed by atoms with Gasteiger partial charge in [-0.2, -0.15) is 4.89 Å². The second-order valence-electron chi connectivity index (χ2n) is 3.11. The monoisotopic (exact) mass is 227 g/mol. The van der Waals surface area contributed by atoms with Gasteiger partial charge in [0.25, 0.3) is 0 Å². The average molecular weight is 227 g/mol. The van der Waals surface area contributed by atoms with Crippen LogP contribution in [0.4, 0.5) is 0 Å². The van der Waals surface area contributed by atoms with Gasteiger partial charge < -0.3 is 14.6 Å². The van der Waals surface area contributed by atoms with E-state index in [4.69, 9.17) is 5.11 Å². The fourth-order valence-corrected chi connectivity index (χ4v) is 1.12. The van der Waals surface area contributed by atoms with Crippen molar-refractivity contribution in [3.05, 3.63) is 18.2 Å². The smallest absolute Gasteiger partial charge is 0.328 e. The Morgan fingerprint density at radius 3 is 3.06 bits per heavy atom. The number of carboxylic acid groups (broad SMARTS) is 1. The van der Waals surface area contributed by atoms with Crippen molar-refractivity contribution in [2.75, 3.05) is 7.11 Å². The molecule has 0 aliphatic heterocycles. The number of imidazole rings is 1. The van der Waals surface area contributed by atoms with Crippen molar-refractivity contribution >= 4 is 12.4 Å². The highest BCUT2D eigenvalue weighted by atomic mass is 17.2. The first-order chi connectivity index (χ1) is 7.63. The zero-order chi connectivity index (χ0) is 12.0. The van der Waals surface area contributed by atoms with Gasteiger partial charge in [-0.25, -0.2) is 14.8 Å². The van der Waals surface area contributed by atoms with E-state index in [1.165, 1.54) is 7.11 Å². The van der Waals surface area contributed by atoms with E-state index >= 15 is 0 Å². The summed E-state index contributed by atoms with van der Waals surface area (Å²) in [4.78, 5) is 27.2. The van der Waals surface area contributed by atoms with E-state index in [1.807, 2.05) is 7.05 Å². The van der Waals surface area contributed by atoms with Crippen LogP contribution >= 0.6 is 0 Å². The number of carboxylic acids is 1. The fraction of sp³-hybridized carbons (Fsp3) is 0.444. The van der Waals surface area contributed by atoms with Crippen LogP contribution in [0, 0.1) is 0 Å². The fourth-order valence-electron chi connectivity index (χ4n) is 1.12. The van der Waals surface area contributed by atoms with Crippen LogP contribution in [-0.4, -0.2) is 40.2 Å². The van der Waals surface area contributed by atoms with Gasteiger partial charge in [0.15, 0.2) is 6.04 Å². The Balaban J connectivity index is 2.61. The molecule has 88 valence electrons. The molecule has 0 aromatic carbocycles. The molecular weight excluding hydrogens is 214 g/mol. The highest BCUT2D eigenvalue weighted by Gasteiger charge is 2.17. The molecule has 0 amide bonds. The first-order valence-corrected chi connectivity index (χ1v) is 4.54. The second kappa shape index (κ2) is 5.86. The minimum atomic E-state index is -1.04. The zero-order valence-corrected chi connectivity index (χ0v) is 9.03. The van der Waals surface area contributed by atoms with Crippen LogP contribution in [0.1, 0.15) is 5.69 Å². The largest absolute Gasteiger partial charge is 0.480 e. The summed E-state index contributed by atoms with van der Waals surface area (Å²) in [7, 11) is 3.12. The predicted octanol–water partition coefficient (Wildman–Crippen LogP) is 0.0221.